The van der Waals surface area contributed by atoms with Gasteiger partial charge in [-0.1, -0.05) is 31.2 Å². The van der Waals surface area contributed by atoms with Crippen molar-refractivity contribution in [2.75, 3.05) is 13.7 Å². The molecule has 110 valence electrons. The van der Waals surface area contributed by atoms with Crippen LogP contribution in [0.3, 0.4) is 0 Å². The second kappa shape index (κ2) is 6.11. The summed E-state index contributed by atoms with van der Waals surface area (Å²) in [5.41, 5.74) is 1.51. The third-order valence-electron chi connectivity index (χ3n) is 3.03. The Hall–Kier alpha value is -1.11. The van der Waals surface area contributed by atoms with Gasteiger partial charge in [0.1, 0.15) is 18.6 Å². The molecule has 0 saturated heterocycles. The second-order valence-electron chi connectivity index (χ2n) is 5.86. The largest absolute Gasteiger partial charge is 0.482 e. The first-order valence-electron chi connectivity index (χ1n) is 6.54. The van der Waals surface area contributed by atoms with Gasteiger partial charge in [-0.25, -0.2) is 9.97 Å². The Kier molecular flexibility index (Phi) is 4.67. The van der Waals surface area contributed by atoms with Gasteiger partial charge in [0.25, 0.3) is 0 Å². The number of hydrogen-bond donors (Lipinski definition) is 0. The molecule has 0 radical (unpaired) electrons. The number of fused-ring (bicyclic) bond motifs is 1. The molecule has 0 fully saturated rings. The molecule has 20 heavy (non-hydrogen) atoms. The van der Waals surface area contributed by atoms with Gasteiger partial charge in [0.15, 0.2) is 11.0 Å². The number of halogens is 1. The Balaban J connectivity index is 2.16. The fourth-order valence-electron chi connectivity index (χ4n) is 1.86. The van der Waals surface area contributed by atoms with Crippen molar-refractivity contribution in [1.29, 1.82) is 0 Å². The van der Waals surface area contributed by atoms with Gasteiger partial charge in [-0.05, 0) is 6.04 Å². The molecule has 2 rings (SSSR count). The van der Waals surface area contributed by atoms with Gasteiger partial charge in [0, 0.05) is 20.7 Å². The summed E-state index contributed by atoms with van der Waals surface area (Å²) in [6, 6.07) is 2.96. The lowest BCUT2D eigenvalue weighted by Crippen LogP contribution is -2.22. The van der Waals surface area contributed by atoms with E-state index in [0.29, 0.717) is 17.8 Å². The van der Waals surface area contributed by atoms with Crippen LogP contribution in [-0.2, 0) is 11.5 Å². The Morgan fingerprint density at radius 1 is 1.30 bits per heavy atom. The Morgan fingerprint density at radius 2 is 2.05 bits per heavy atom. The van der Waals surface area contributed by atoms with E-state index in [9.17, 15) is 0 Å². The molecule has 0 aliphatic heterocycles. The maximum Gasteiger partial charge on any atom is 0.197 e. The maximum absolute atomic E-state index is 6.14. The molecule has 2 aromatic heterocycles. The number of nitrogens with zero attached hydrogens (tertiary/aromatic N) is 3. The van der Waals surface area contributed by atoms with E-state index < -0.39 is 8.07 Å². The van der Waals surface area contributed by atoms with Crippen molar-refractivity contribution in [3.63, 3.8) is 0 Å². The molecule has 0 saturated carbocycles. The molecule has 0 amide bonds. The molecule has 7 heteroatoms. The molecule has 2 heterocycles. The van der Waals surface area contributed by atoms with Crippen LogP contribution in [0.2, 0.25) is 30.8 Å². The fourth-order valence-corrected chi connectivity index (χ4v) is 2.86. The van der Waals surface area contributed by atoms with E-state index in [-0.39, 0.29) is 0 Å². The van der Waals surface area contributed by atoms with Crippen molar-refractivity contribution in [2.24, 2.45) is 0 Å². The van der Waals surface area contributed by atoms with E-state index in [1.54, 1.807) is 7.11 Å². The van der Waals surface area contributed by atoms with Gasteiger partial charge >= 0.3 is 0 Å². The van der Waals surface area contributed by atoms with Crippen molar-refractivity contribution < 1.29 is 9.47 Å². The van der Waals surface area contributed by atoms with Crippen LogP contribution in [0.4, 0.5) is 0 Å². The standard InChI is InChI=1S/C13H20ClN3O2Si/c1-18-11-7-10-12(13(14)16-8-15-10)17(11)9-19-5-6-20(2,3)4/h7-8H,5-6,9H2,1-4H3. The summed E-state index contributed by atoms with van der Waals surface area (Å²) in [6.07, 6.45) is 1.44. The lowest BCUT2D eigenvalue weighted by molar-refractivity contribution is 0.0847. The predicted octanol–water partition coefficient (Wildman–Crippen LogP) is 3.41. The highest BCUT2D eigenvalue weighted by Crippen LogP contribution is 2.28. The monoisotopic (exact) mass is 313 g/mol. The highest BCUT2D eigenvalue weighted by Gasteiger charge is 2.15. The number of rotatable bonds is 6. The van der Waals surface area contributed by atoms with E-state index in [1.807, 2.05) is 10.6 Å². The lowest BCUT2D eigenvalue weighted by atomic mass is 10.5. The smallest absolute Gasteiger partial charge is 0.197 e. The summed E-state index contributed by atoms with van der Waals surface area (Å²) < 4.78 is 13.0. The lowest BCUT2D eigenvalue weighted by Gasteiger charge is -2.16. The summed E-state index contributed by atoms with van der Waals surface area (Å²) in [6.45, 7) is 8.11. The molecule has 0 bridgehead atoms. The summed E-state index contributed by atoms with van der Waals surface area (Å²) in [5.74, 6) is 0.676. The molecule has 2 aromatic rings. The van der Waals surface area contributed by atoms with E-state index in [1.165, 1.54) is 6.33 Å². The Morgan fingerprint density at radius 3 is 2.70 bits per heavy atom. The average Bonchev–Trinajstić information content (AvgIpc) is 2.73. The highest BCUT2D eigenvalue weighted by atomic mass is 35.5. The maximum atomic E-state index is 6.14. The molecule has 0 aromatic carbocycles. The molecule has 0 aliphatic rings. The van der Waals surface area contributed by atoms with Crippen LogP contribution < -0.4 is 4.74 Å². The second-order valence-corrected chi connectivity index (χ2v) is 11.8. The molecule has 5 nitrogen and oxygen atoms in total. The zero-order chi connectivity index (χ0) is 14.8. The topological polar surface area (TPSA) is 49.2 Å². The minimum Gasteiger partial charge on any atom is -0.482 e. The first-order chi connectivity index (χ1) is 9.42. The quantitative estimate of drug-likeness (QED) is 0.466. The van der Waals surface area contributed by atoms with Crippen LogP contribution >= 0.6 is 11.6 Å². The van der Waals surface area contributed by atoms with Crippen molar-refractivity contribution in [3.05, 3.63) is 17.5 Å². The van der Waals surface area contributed by atoms with Crippen LogP contribution in [0.15, 0.2) is 12.4 Å². The number of methoxy groups -OCH3 is 1. The van der Waals surface area contributed by atoms with Crippen LogP contribution in [-0.4, -0.2) is 36.3 Å². The number of ether oxygens (including phenoxy) is 2. The molecule has 0 atom stereocenters. The summed E-state index contributed by atoms with van der Waals surface area (Å²) in [5, 5.41) is 0.409. The first-order valence-corrected chi connectivity index (χ1v) is 10.6. The zero-order valence-corrected chi connectivity index (χ0v) is 14.1. The van der Waals surface area contributed by atoms with Crippen LogP contribution in [0.25, 0.3) is 11.0 Å². The molecular formula is C13H20ClN3O2Si. The van der Waals surface area contributed by atoms with Gasteiger partial charge < -0.3 is 9.47 Å². The van der Waals surface area contributed by atoms with Gasteiger partial charge in [-0.2, -0.15) is 0 Å². The SMILES string of the molecule is COc1cc2ncnc(Cl)c2n1COCC[Si](C)(C)C. The minimum absolute atomic E-state index is 0.393. The number of aromatic nitrogens is 3. The van der Waals surface area contributed by atoms with Crippen LogP contribution in [0.5, 0.6) is 5.88 Å². The van der Waals surface area contributed by atoms with Crippen molar-refractivity contribution in [3.8, 4) is 5.88 Å². The normalized spacial score (nSPS) is 12.1. The Bertz CT molecular complexity index is 595. The number of hydrogen-bond acceptors (Lipinski definition) is 4. The van der Waals surface area contributed by atoms with Crippen LogP contribution in [0, 0.1) is 0 Å². The summed E-state index contributed by atoms with van der Waals surface area (Å²) in [4.78, 5) is 8.21. The molecule has 0 spiro atoms. The van der Waals surface area contributed by atoms with Gasteiger partial charge in [0.05, 0.1) is 12.6 Å². The molecule has 0 aliphatic carbocycles. The van der Waals surface area contributed by atoms with Crippen molar-refractivity contribution >= 4 is 30.7 Å². The predicted molar refractivity (Wildman–Crippen MR) is 83.2 cm³/mol. The molecule has 0 N–H and O–H groups in total. The van der Waals surface area contributed by atoms with Gasteiger partial charge in [-0.3, -0.25) is 4.57 Å². The van der Waals surface area contributed by atoms with Gasteiger partial charge in [-0.15, -0.1) is 0 Å². The zero-order valence-electron chi connectivity index (χ0n) is 12.3. The third-order valence-corrected chi connectivity index (χ3v) is 5.01. The van der Waals surface area contributed by atoms with E-state index >= 15 is 0 Å². The third kappa shape index (κ3) is 3.50. The van der Waals surface area contributed by atoms with Crippen molar-refractivity contribution in [2.45, 2.75) is 32.4 Å². The Labute approximate surface area is 124 Å². The van der Waals surface area contributed by atoms with E-state index in [0.717, 1.165) is 23.7 Å². The molecular weight excluding hydrogens is 294 g/mol. The fraction of sp³-hybridized carbons (Fsp3) is 0.538. The van der Waals surface area contributed by atoms with Crippen molar-refractivity contribution in [1.82, 2.24) is 14.5 Å². The molecule has 0 unspecified atom stereocenters. The van der Waals surface area contributed by atoms with Crippen LogP contribution in [0.1, 0.15) is 0 Å². The summed E-state index contributed by atoms with van der Waals surface area (Å²) >= 11 is 6.14. The minimum atomic E-state index is -1.08. The first kappa shape index (κ1) is 15.3. The van der Waals surface area contributed by atoms with Gasteiger partial charge in [0.2, 0.25) is 0 Å². The highest BCUT2D eigenvalue weighted by molar-refractivity contribution is 6.76. The van der Waals surface area contributed by atoms with E-state index in [2.05, 4.69) is 29.6 Å². The van der Waals surface area contributed by atoms with E-state index in [4.69, 9.17) is 21.1 Å². The summed E-state index contributed by atoms with van der Waals surface area (Å²) in [7, 11) is 0.537. The average molecular weight is 314 g/mol.